The summed E-state index contributed by atoms with van der Waals surface area (Å²) in [5.74, 6) is 0.965. The number of benzene rings is 3. The summed E-state index contributed by atoms with van der Waals surface area (Å²) in [5, 5.41) is 12.5. The van der Waals surface area contributed by atoms with Gasteiger partial charge in [-0.2, -0.15) is 0 Å². The van der Waals surface area contributed by atoms with E-state index in [1.807, 2.05) is 30.3 Å². The fourth-order valence-corrected chi connectivity index (χ4v) is 7.49. The highest BCUT2D eigenvalue weighted by Crippen LogP contribution is 2.44. The summed E-state index contributed by atoms with van der Waals surface area (Å²) in [7, 11) is 0. The van der Waals surface area contributed by atoms with Gasteiger partial charge >= 0.3 is 5.97 Å². The van der Waals surface area contributed by atoms with Crippen LogP contribution in [0.25, 0.3) is 11.0 Å². The van der Waals surface area contributed by atoms with Gasteiger partial charge < -0.3 is 9.67 Å². The molecule has 8 heteroatoms. The zero-order valence-corrected chi connectivity index (χ0v) is 25.4. The van der Waals surface area contributed by atoms with Crippen molar-refractivity contribution in [2.24, 2.45) is 0 Å². The van der Waals surface area contributed by atoms with E-state index in [1.54, 1.807) is 5.38 Å². The number of nitrogens with zero attached hydrogens (tertiary/aromatic N) is 3. The average Bonchev–Trinajstić information content (AvgIpc) is 3.61. The van der Waals surface area contributed by atoms with Gasteiger partial charge in [-0.15, -0.1) is 11.3 Å². The van der Waals surface area contributed by atoms with Crippen LogP contribution >= 0.6 is 34.5 Å². The van der Waals surface area contributed by atoms with Crippen LogP contribution in [0, 0.1) is 0 Å². The summed E-state index contributed by atoms with van der Waals surface area (Å²) >= 11 is 14.1. The molecule has 0 atom stereocenters. The van der Waals surface area contributed by atoms with E-state index in [2.05, 4.69) is 51.9 Å². The number of likely N-dealkylation sites (tertiary alicyclic amines) is 1. The third-order valence-corrected chi connectivity index (χ3v) is 10.1. The van der Waals surface area contributed by atoms with Gasteiger partial charge in [-0.05, 0) is 84.8 Å². The van der Waals surface area contributed by atoms with Crippen LogP contribution in [-0.2, 0) is 6.54 Å². The number of rotatable bonds is 8. The van der Waals surface area contributed by atoms with Gasteiger partial charge in [0.2, 0.25) is 0 Å². The van der Waals surface area contributed by atoms with Crippen LogP contribution in [0.5, 0.6) is 0 Å². The van der Waals surface area contributed by atoms with Gasteiger partial charge in [0.25, 0.3) is 0 Å². The largest absolute Gasteiger partial charge is 0.478 e. The molecule has 1 saturated carbocycles. The molecule has 0 radical (unpaired) electrons. The summed E-state index contributed by atoms with van der Waals surface area (Å²) in [6.45, 7) is 2.76. The van der Waals surface area contributed by atoms with Crippen molar-refractivity contribution in [2.75, 3.05) is 13.1 Å². The fourth-order valence-electron chi connectivity index (χ4n) is 6.34. The maximum absolute atomic E-state index is 11.3. The Bertz CT molecular complexity index is 1690. The molecule has 5 nitrogen and oxygen atoms in total. The zero-order chi connectivity index (χ0) is 28.8. The number of carbonyl (C=O) groups is 1. The Labute approximate surface area is 259 Å². The predicted octanol–water partition coefficient (Wildman–Crippen LogP) is 9.00. The molecule has 42 heavy (non-hydrogen) atoms. The van der Waals surface area contributed by atoms with Crippen molar-refractivity contribution in [1.29, 1.82) is 0 Å². The van der Waals surface area contributed by atoms with Crippen molar-refractivity contribution >= 4 is 51.5 Å². The molecule has 1 aliphatic carbocycles. The molecule has 1 saturated heterocycles. The normalized spacial score (nSPS) is 16.5. The maximum Gasteiger partial charge on any atom is 0.336 e. The number of aromatic carboxylic acids is 1. The van der Waals surface area contributed by atoms with Gasteiger partial charge in [-0.25, -0.2) is 9.78 Å². The second-order valence-corrected chi connectivity index (χ2v) is 13.4. The molecule has 2 fully saturated rings. The minimum absolute atomic E-state index is 0.0417. The summed E-state index contributed by atoms with van der Waals surface area (Å²) in [6.07, 6.45) is 4.50. The number of piperidine rings is 1. The number of carboxylic acid groups (broad SMARTS) is 1. The van der Waals surface area contributed by atoms with Crippen LogP contribution in [0.3, 0.4) is 0 Å². The van der Waals surface area contributed by atoms with Gasteiger partial charge in [0.15, 0.2) is 0 Å². The Morgan fingerprint density at radius 1 is 0.881 bits per heavy atom. The van der Waals surface area contributed by atoms with E-state index in [-0.39, 0.29) is 5.92 Å². The first-order chi connectivity index (χ1) is 20.4. The first-order valence-corrected chi connectivity index (χ1v) is 16.1. The number of aromatic nitrogens is 2. The minimum atomic E-state index is -0.857. The Morgan fingerprint density at radius 3 is 2.07 bits per heavy atom. The van der Waals surface area contributed by atoms with Crippen molar-refractivity contribution in [1.82, 2.24) is 14.5 Å². The lowest BCUT2D eigenvalue weighted by molar-refractivity contribution is 0.0697. The van der Waals surface area contributed by atoms with Gasteiger partial charge in [-0.1, -0.05) is 53.5 Å². The number of fused-ring (bicyclic) bond motifs is 1. The molecule has 0 unspecified atom stereocenters. The molecule has 3 aromatic carbocycles. The summed E-state index contributed by atoms with van der Waals surface area (Å²) in [4.78, 5) is 20.1. The number of hydrogen-bond donors (Lipinski definition) is 1. The Morgan fingerprint density at radius 2 is 1.50 bits per heavy atom. The fraction of sp³-hybridized carbons (Fsp3) is 0.294. The van der Waals surface area contributed by atoms with E-state index in [0.717, 1.165) is 52.9 Å². The van der Waals surface area contributed by atoms with E-state index >= 15 is 0 Å². The van der Waals surface area contributed by atoms with Gasteiger partial charge in [0.05, 0.1) is 16.6 Å². The van der Waals surface area contributed by atoms with E-state index in [9.17, 15) is 9.90 Å². The molecule has 214 valence electrons. The number of imidazole rings is 1. The van der Waals surface area contributed by atoms with Crippen molar-refractivity contribution < 1.29 is 9.90 Å². The quantitative estimate of drug-likeness (QED) is 0.177. The molecule has 0 bridgehead atoms. The average molecular weight is 617 g/mol. The number of thiophene rings is 1. The molecule has 5 aromatic rings. The minimum Gasteiger partial charge on any atom is -0.478 e. The van der Waals surface area contributed by atoms with Crippen LogP contribution in [0.2, 0.25) is 10.0 Å². The van der Waals surface area contributed by atoms with Crippen molar-refractivity contribution in [2.45, 2.75) is 50.1 Å². The van der Waals surface area contributed by atoms with Gasteiger partial charge in [-0.3, -0.25) is 4.90 Å². The number of hydrogen-bond acceptors (Lipinski definition) is 4. The lowest BCUT2D eigenvalue weighted by atomic mass is 9.85. The predicted molar refractivity (Wildman–Crippen MR) is 170 cm³/mol. The van der Waals surface area contributed by atoms with Crippen molar-refractivity contribution in [3.8, 4) is 0 Å². The van der Waals surface area contributed by atoms with Gasteiger partial charge in [0, 0.05) is 57.8 Å². The summed E-state index contributed by atoms with van der Waals surface area (Å²) in [6, 6.07) is 25.3. The van der Waals surface area contributed by atoms with E-state index in [0.29, 0.717) is 17.5 Å². The smallest absolute Gasteiger partial charge is 0.336 e. The van der Waals surface area contributed by atoms with E-state index in [4.69, 9.17) is 28.2 Å². The second-order valence-electron chi connectivity index (χ2n) is 11.5. The molecular weight excluding hydrogens is 585 g/mol. The van der Waals surface area contributed by atoms with Crippen molar-refractivity contribution in [3.63, 3.8) is 0 Å². The molecule has 0 amide bonds. The third-order valence-electron chi connectivity index (χ3n) is 8.63. The lowest BCUT2D eigenvalue weighted by Gasteiger charge is -2.33. The van der Waals surface area contributed by atoms with Crippen LogP contribution in [0.15, 0.2) is 78.2 Å². The first-order valence-electron chi connectivity index (χ1n) is 14.5. The molecule has 7 rings (SSSR count). The van der Waals surface area contributed by atoms with Crippen LogP contribution < -0.4 is 0 Å². The van der Waals surface area contributed by atoms with Crippen LogP contribution in [0.4, 0.5) is 0 Å². The zero-order valence-electron chi connectivity index (χ0n) is 23.0. The molecule has 2 aliphatic rings. The van der Waals surface area contributed by atoms with E-state index < -0.39 is 5.97 Å². The topological polar surface area (TPSA) is 58.4 Å². The lowest BCUT2D eigenvalue weighted by Crippen LogP contribution is -2.34. The Hall–Kier alpha value is -3.16. The number of halogens is 2. The highest BCUT2D eigenvalue weighted by atomic mass is 35.5. The Kier molecular flexibility index (Phi) is 7.57. The maximum atomic E-state index is 11.3. The molecule has 2 aromatic heterocycles. The van der Waals surface area contributed by atoms with Crippen LogP contribution in [-0.4, -0.2) is 38.6 Å². The molecule has 1 N–H and O–H groups in total. The van der Waals surface area contributed by atoms with Crippen molar-refractivity contribution in [3.05, 3.63) is 121 Å². The molecule has 3 heterocycles. The van der Waals surface area contributed by atoms with Gasteiger partial charge in [0.1, 0.15) is 5.82 Å². The third kappa shape index (κ3) is 5.61. The molecule has 1 aliphatic heterocycles. The SMILES string of the molecule is O=C(O)c1csc(CN2CCC(n3c(C4CC4)nc4ccc(C(c5ccc(Cl)cc5)c5ccc(Cl)cc5)cc43)CC2)c1. The van der Waals surface area contributed by atoms with E-state index in [1.165, 1.54) is 52.2 Å². The Balaban J connectivity index is 1.21. The number of carboxylic acids is 1. The highest BCUT2D eigenvalue weighted by molar-refractivity contribution is 7.10. The highest BCUT2D eigenvalue weighted by Gasteiger charge is 2.33. The summed E-state index contributed by atoms with van der Waals surface area (Å²) in [5.41, 5.74) is 6.25. The summed E-state index contributed by atoms with van der Waals surface area (Å²) < 4.78 is 2.56. The van der Waals surface area contributed by atoms with Crippen LogP contribution in [0.1, 0.15) is 81.3 Å². The monoisotopic (exact) mass is 615 g/mol. The molecule has 0 spiro atoms. The second kappa shape index (κ2) is 11.5. The standard InChI is InChI=1S/C34H31Cl2N3O2S/c35-26-8-3-21(4-9-26)32(22-5-10-27(36)11-6-22)24-7-12-30-31(18-24)39(33(37-30)23-1-2-23)28-13-15-38(16-14-28)19-29-17-25(20-42-29)34(40)41/h3-12,17-18,20,23,28,32H,1-2,13-16,19H2,(H,40,41). The first kappa shape index (κ1) is 27.7. The molecular formula is C34H31Cl2N3O2S.